The van der Waals surface area contributed by atoms with Crippen molar-refractivity contribution in [1.82, 2.24) is 19.5 Å². The first-order chi connectivity index (χ1) is 13.6. The van der Waals surface area contributed by atoms with Crippen molar-refractivity contribution in [3.05, 3.63) is 65.1 Å². The maximum atomic E-state index is 13.4. The molecule has 0 aliphatic carbocycles. The minimum atomic E-state index is -0.0317. The van der Waals surface area contributed by atoms with Crippen LogP contribution in [0, 0.1) is 13.8 Å². The van der Waals surface area contributed by atoms with Crippen molar-refractivity contribution >= 4 is 11.6 Å². The first-order valence-corrected chi connectivity index (χ1v) is 9.87. The van der Waals surface area contributed by atoms with Crippen LogP contribution in [0.5, 0.6) is 0 Å². The second-order valence-electron chi connectivity index (χ2n) is 7.52. The van der Waals surface area contributed by atoms with Gasteiger partial charge < -0.3 is 9.64 Å². The molecule has 6 heteroatoms. The minimum Gasteiger partial charge on any atom is -0.376 e. The van der Waals surface area contributed by atoms with Gasteiger partial charge in [-0.1, -0.05) is 29.8 Å². The molecule has 0 saturated carbocycles. The lowest BCUT2D eigenvalue weighted by Crippen LogP contribution is -2.38. The van der Waals surface area contributed by atoms with Crippen molar-refractivity contribution in [3.8, 4) is 0 Å². The number of rotatable bonds is 6. The summed E-state index contributed by atoms with van der Waals surface area (Å²) >= 11 is 0. The van der Waals surface area contributed by atoms with E-state index < -0.39 is 0 Å². The standard InChI is InChI=1S/C22H26N4O2/c1-16-5-7-18(8-6-16)10-11-25(15-19-4-3-13-28-19)22(27)20-14-23-26-12-9-17(2)24-21(20)26/h5-9,12,14,19H,3-4,10-11,13,15H2,1-2H3/t19-/m0/s1. The average Bonchev–Trinajstić information content (AvgIpc) is 3.35. The summed E-state index contributed by atoms with van der Waals surface area (Å²) in [5.74, 6) is -0.0317. The van der Waals surface area contributed by atoms with E-state index in [1.54, 1.807) is 10.7 Å². The third-order valence-corrected chi connectivity index (χ3v) is 5.26. The van der Waals surface area contributed by atoms with Gasteiger partial charge in [0.25, 0.3) is 5.91 Å². The van der Waals surface area contributed by atoms with E-state index >= 15 is 0 Å². The molecule has 1 aliphatic heterocycles. The highest BCUT2D eigenvalue weighted by Gasteiger charge is 2.25. The lowest BCUT2D eigenvalue weighted by Gasteiger charge is -2.25. The molecule has 1 amide bonds. The van der Waals surface area contributed by atoms with Crippen molar-refractivity contribution in [2.24, 2.45) is 0 Å². The Morgan fingerprint density at radius 3 is 2.82 bits per heavy atom. The van der Waals surface area contributed by atoms with E-state index in [2.05, 4.69) is 41.3 Å². The number of fused-ring (bicyclic) bond motifs is 1. The summed E-state index contributed by atoms with van der Waals surface area (Å²) in [5.41, 5.74) is 4.49. The van der Waals surface area contributed by atoms with Crippen LogP contribution < -0.4 is 0 Å². The van der Waals surface area contributed by atoms with E-state index in [0.29, 0.717) is 24.3 Å². The molecule has 3 aromatic rings. The predicted molar refractivity (Wildman–Crippen MR) is 107 cm³/mol. The van der Waals surface area contributed by atoms with Gasteiger partial charge in [0.15, 0.2) is 5.65 Å². The van der Waals surface area contributed by atoms with E-state index in [1.807, 2.05) is 24.1 Å². The Morgan fingerprint density at radius 1 is 1.25 bits per heavy atom. The number of aryl methyl sites for hydroxylation is 2. The van der Waals surface area contributed by atoms with Crippen LogP contribution >= 0.6 is 0 Å². The number of carbonyl (C=O) groups excluding carboxylic acids is 1. The van der Waals surface area contributed by atoms with Crippen molar-refractivity contribution in [2.45, 2.75) is 39.2 Å². The number of ether oxygens (including phenoxy) is 1. The molecule has 4 rings (SSSR count). The molecule has 1 aromatic carbocycles. The Kier molecular flexibility index (Phi) is 5.39. The zero-order chi connectivity index (χ0) is 19.5. The monoisotopic (exact) mass is 378 g/mol. The smallest absolute Gasteiger partial charge is 0.259 e. The van der Waals surface area contributed by atoms with E-state index in [0.717, 1.165) is 31.6 Å². The van der Waals surface area contributed by atoms with Crippen molar-refractivity contribution in [2.75, 3.05) is 19.7 Å². The Bertz CT molecular complexity index is 958. The van der Waals surface area contributed by atoms with Gasteiger partial charge in [-0.2, -0.15) is 5.10 Å². The minimum absolute atomic E-state index is 0.0317. The first kappa shape index (κ1) is 18.6. The summed E-state index contributed by atoms with van der Waals surface area (Å²) in [7, 11) is 0. The molecule has 3 heterocycles. The average molecular weight is 378 g/mol. The van der Waals surface area contributed by atoms with Gasteiger partial charge in [-0.05, 0) is 44.7 Å². The fraction of sp³-hybridized carbons (Fsp3) is 0.409. The van der Waals surface area contributed by atoms with Gasteiger partial charge in [0.1, 0.15) is 5.56 Å². The van der Waals surface area contributed by atoms with Crippen LogP contribution in [0.1, 0.15) is 40.0 Å². The molecule has 0 N–H and O–H groups in total. The van der Waals surface area contributed by atoms with Crippen LogP contribution in [0.4, 0.5) is 0 Å². The maximum absolute atomic E-state index is 13.4. The third-order valence-electron chi connectivity index (χ3n) is 5.26. The summed E-state index contributed by atoms with van der Waals surface area (Å²) in [6.45, 7) is 6.03. The molecule has 1 fully saturated rings. The van der Waals surface area contributed by atoms with Gasteiger partial charge in [0, 0.05) is 31.6 Å². The Balaban J connectivity index is 1.56. The quantitative estimate of drug-likeness (QED) is 0.661. The first-order valence-electron chi connectivity index (χ1n) is 9.87. The Hall–Kier alpha value is -2.73. The van der Waals surface area contributed by atoms with Crippen LogP contribution in [0.2, 0.25) is 0 Å². The van der Waals surface area contributed by atoms with Crippen LogP contribution in [0.25, 0.3) is 5.65 Å². The normalized spacial score (nSPS) is 16.6. The van der Waals surface area contributed by atoms with Gasteiger partial charge >= 0.3 is 0 Å². The number of nitrogens with zero attached hydrogens (tertiary/aromatic N) is 4. The van der Waals surface area contributed by atoms with Crippen LogP contribution in [0.15, 0.2) is 42.7 Å². The number of amides is 1. The van der Waals surface area contributed by atoms with Crippen molar-refractivity contribution in [1.29, 1.82) is 0 Å². The van der Waals surface area contributed by atoms with Gasteiger partial charge in [0.05, 0.1) is 12.3 Å². The Morgan fingerprint density at radius 2 is 2.07 bits per heavy atom. The maximum Gasteiger partial charge on any atom is 0.259 e. The summed E-state index contributed by atoms with van der Waals surface area (Å²) < 4.78 is 7.45. The molecule has 0 unspecified atom stereocenters. The van der Waals surface area contributed by atoms with Gasteiger partial charge in [-0.15, -0.1) is 0 Å². The van der Waals surface area contributed by atoms with Crippen molar-refractivity contribution in [3.63, 3.8) is 0 Å². The third kappa shape index (κ3) is 4.07. The molecule has 0 spiro atoms. The molecule has 1 saturated heterocycles. The zero-order valence-electron chi connectivity index (χ0n) is 16.5. The molecule has 0 radical (unpaired) electrons. The second-order valence-corrected chi connectivity index (χ2v) is 7.52. The molecule has 6 nitrogen and oxygen atoms in total. The lowest BCUT2D eigenvalue weighted by molar-refractivity contribution is 0.0530. The summed E-state index contributed by atoms with van der Waals surface area (Å²) in [6.07, 6.45) is 6.44. The largest absolute Gasteiger partial charge is 0.376 e. The molecular formula is C22H26N4O2. The van der Waals surface area contributed by atoms with Crippen molar-refractivity contribution < 1.29 is 9.53 Å². The number of benzene rings is 1. The molecule has 146 valence electrons. The van der Waals surface area contributed by atoms with E-state index in [4.69, 9.17) is 4.74 Å². The van der Waals surface area contributed by atoms with Crippen LogP contribution in [-0.2, 0) is 11.2 Å². The predicted octanol–water partition coefficient (Wildman–Crippen LogP) is 3.21. The SMILES string of the molecule is Cc1ccc(CCN(C[C@@H]2CCCO2)C(=O)c2cnn3ccc(C)nc23)cc1. The number of hydrogen-bond acceptors (Lipinski definition) is 4. The summed E-state index contributed by atoms with van der Waals surface area (Å²) in [5, 5.41) is 4.30. The molecule has 1 atom stereocenters. The number of aromatic nitrogens is 3. The summed E-state index contributed by atoms with van der Waals surface area (Å²) in [6, 6.07) is 10.4. The van der Waals surface area contributed by atoms with E-state index in [1.165, 1.54) is 11.1 Å². The highest BCUT2D eigenvalue weighted by atomic mass is 16.5. The van der Waals surface area contributed by atoms with E-state index in [9.17, 15) is 4.79 Å². The van der Waals surface area contributed by atoms with Crippen LogP contribution in [0.3, 0.4) is 0 Å². The number of carbonyl (C=O) groups is 1. The second kappa shape index (κ2) is 8.10. The summed E-state index contributed by atoms with van der Waals surface area (Å²) in [4.78, 5) is 19.8. The molecule has 2 aromatic heterocycles. The fourth-order valence-corrected chi connectivity index (χ4v) is 3.61. The molecule has 1 aliphatic rings. The van der Waals surface area contributed by atoms with Crippen LogP contribution in [-0.4, -0.2) is 51.2 Å². The fourth-order valence-electron chi connectivity index (χ4n) is 3.61. The van der Waals surface area contributed by atoms with Gasteiger partial charge in [-0.25, -0.2) is 9.50 Å². The lowest BCUT2D eigenvalue weighted by atomic mass is 10.1. The van der Waals surface area contributed by atoms with Gasteiger partial charge in [-0.3, -0.25) is 4.79 Å². The highest BCUT2D eigenvalue weighted by molar-refractivity contribution is 5.99. The molecule has 0 bridgehead atoms. The number of hydrogen-bond donors (Lipinski definition) is 0. The topological polar surface area (TPSA) is 59.7 Å². The van der Waals surface area contributed by atoms with E-state index in [-0.39, 0.29) is 12.0 Å². The molecular weight excluding hydrogens is 352 g/mol. The van der Waals surface area contributed by atoms with Gasteiger partial charge in [0.2, 0.25) is 0 Å². The highest BCUT2D eigenvalue weighted by Crippen LogP contribution is 2.18. The Labute approximate surface area is 165 Å². The molecule has 28 heavy (non-hydrogen) atoms. The zero-order valence-corrected chi connectivity index (χ0v) is 16.5.